The molecule has 1 atom stereocenters. The summed E-state index contributed by atoms with van der Waals surface area (Å²) < 4.78 is 5.15. The molecule has 0 aliphatic rings. The molecule has 0 aliphatic heterocycles. The maximum atomic E-state index is 11.9. The van der Waals surface area contributed by atoms with Gasteiger partial charge in [-0.15, -0.1) is 0 Å². The van der Waals surface area contributed by atoms with E-state index in [0.29, 0.717) is 18.7 Å². The number of hydrogen-bond donors (Lipinski definition) is 2. The molecule has 0 aliphatic carbocycles. The average molecular weight is 282 g/mol. The Balaban J connectivity index is 2.42. The summed E-state index contributed by atoms with van der Waals surface area (Å²) >= 11 is 0. The predicted octanol–water partition coefficient (Wildman–Crippen LogP) is 2.17. The van der Waals surface area contributed by atoms with Gasteiger partial charge in [-0.1, -0.05) is 13.8 Å². The largest absolute Gasteiger partial charge is 0.481 e. The zero-order valence-electron chi connectivity index (χ0n) is 12.1. The number of carboxylic acid groups (broad SMARTS) is 1. The van der Waals surface area contributed by atoms with Crippen LogP contribution in [0, 0.1) is 11.8 Å². The van der Waals surface area contributed by atoms with Crippen LogP contribution in [0.25, 0.3) is 0 Å². The van der Waals surface area contributed by atoms with Crippen molar-refractivity contribution in [1.82, 2.24) is 10.2 Å². The lowest BCUT2D eigenvalue weighted by molar-refractivity contribution is -0.142. The first kappa shape index (κ1) is 16.1. The zero-order valence-corrected chi connectivity index (χ0v) is 12.1. The standard InChI is InChI=1S/C14H22N2O4/c1-10(2)7-11(13(17)18)8-15-14(19)16(3)9-12-5-4-6-20-12/h4-6,10-11H,7-9H2,1-3H3,(H,15,19)(H,17,18). The van der Waals surface area contributed by atoms with E-state index in [4.69, 9.17) is 9.52 Å². The van der Waals surface area contributed by atoms with E-state index < -0.39 is 11.9 Å². The van der Waals surface area contributed by atoms with Gasteiger partial charge >= 0.3 is 12.0 Å². The van der Waals surface area contributed by atoms with E-state index in [0.717, 1.165) is 0 Å². The number of nitrogens with zero attached hydrogens (tertiary/aromatic N) is 1. The number of aliphatic carboxylic acids is 1. The second-order valence-electron chi connectivity index (χ2n) is 5.29. The lowest BCUT2D eigenvalue weighted by atomic mass is 9.97. The highest BCUT2D eigenvalue weighted by Gasteiger charge is 2.20. The first-order chi connectivity index (χ1) is 9.40. The van der Waals surface area contributed by atoms with Gasteiger partial charge in [-0.2, -0.15) is 0 Å². The summed E-state index contributed by atoms with van der Waals surface area (Å²) in [7, 11) is 1.63. The molecule has 2 N–H and O–H groups in total. The highest BCUT2D eigenvalue weighted by atomic mass is 16.4. The van der Waals surface area contributed by atoms with Crippen LogP contribution in [0.15, 0.2) is 22.8 Å². The highest BCUT2D eigenvalue weighted by molar-refractivity contribution is 5.75. The lowest BCUT2D eigenvalue weighted by Crippen LogP contribution is -2.40. The normalized spacial score (nSPS) is 12.2. The molecule has 6 heteroatoms. The Kier molecular flexibility index (Phi) is 6.09. The Hall–Kier alpha value is -1.98. The SMILES string of the molecule is CC(C)CC(CNC(=O)N(C)Cc1ccco1)C(=O)O. The summed E-state index contributed by atoms with van der Waals surface area (Å²) in [6, 6.07) is 3.23. The molecule has 0 spiro atoms. The number of urea groups is 1. The Morgan fingerprint density at radius 2 is 2.15 bits per heavy atom. The Morgan fingerprint density at radius 3 is 2.65 bits per heavy atom. The van der Waals surface area contributed by atoms with Gasteiger partial charge in [-0.25, -0.2) is 4.79 Å². The third-order valence-corrected chi connectivity index (χ3v) is 2.92. The van der Waals surface area contributed by atoms with Gasteiger partial charge in [0.2, 0.25) is 0 Å². The number of carboxylic acids is 1. The third kappa shape index (κ3) is 5.34. The van der Waals surface area contributed by atoms with E-state index in [9.17, 15) is 9.59 Å². The van der Waals surface area contributed by atoms with E-state index in [1.807, 2.05) is 13.8 Å². The average Bonchev–Trinajstić information content (AvgIpc) is 2.85. The molecule has 0 fully saturated rings. The second kappa shape index (κ2) is 7.57. The Labute approximate surface area is 118 Å². The van der Waals surface area contributed by atoms with Crippen molar-refractivity contribution >= 4 is 12.0 Å². The monoisotopic (exact) mass is 282 g/mol. The molecule has 2 amide bonds. The van der Waals surface area contributed by atoms with Crippen molar-refractivity contribution in [3.63, 3.8) is 0 Å². The third-order valence-electron chi connectivity index (χ3n) is 2.92. The van der Waals surface area contributed by atoms with Crippen molar-refractivity contribution in [2.24, 2.45) is 11.8 Å². The minimum atomic E-state index is -0.882. The van der Waals surface area contributed by atoms with Crippen LogP contribution in [0.3, 0.4) is 0 Å². The fraction of sp³-hybridized carbons (Fsp3) is 0.571. The summed E-state index contributed by atoms with van der Waals surface area (Å²) in [6.45, 7) is 4.40. The van der Waals surface area contributed by atoms with Crippen LogP contribution < -0.4 is 5.32 Å². The lowest BCUT2D eigenvalue weighted by Gasteiger charge is -2.19. The summed E-state index contributed by atoms with van der Waals surface area (Å²) in [5, 5.41) is 11.7. The maximum absolute atomic E-state index is 11.9. The van der Waals surface area contributed by atoms with Crippen molar-refractivity contribution in [1.29, 1.82) is 0 Å². The quantitative estimate of drug-likeness (QED) is 0.803. The molecule has 1 aromatic rings. The number of hydrogen-bond acceptors (Lipinski definition) is 3. The van der Waals surface area contributed by atoms with Crippen molar-refractivity contribution in [2.75, 3.05) is 13.6 Å². The van der Waals surface area contributed by atoms with Crippen molar-refractivity contribution in [3.8, 4) is 0 Å². The minimum Gasteiger partial charge on any atom is -0.481 e. The molecule has 1 unspecified atom stereocenters. The van der Waals surface area contributed by atoms with Gasteiger partial charge in [-0.3, -0.25) is 4.79 Å². The fourth-order valence-electron chi connectivity index (χ4n) is 1.89. The molecule has 0 saturated heterocycles. The van der Waals surface area contributed by atoms with Gasteiger partial charge in [0.1, 0.15) is 5.76 Å². The summed E-state index contributed by atoms with van der Waals surface area (Å²) in [6.07, 6.45) is 2.09. The molecule has 0 aromatic carbocycles. The molecule has 20 heavy (non-hydrogen) atoms. The Morgan fingerprint density at radius 1 is 1.45 bits per heavy atom. The van der Waals surface area contributed by atoms with Crippen LogP contribution in [0.5, 0.6) is 0 Å². The number of furan rings is 1. The molecular weight excluding hydrogens is 260 g/mol. The molecule has 1 heterocycles. The highest BCUT2D eigenvalue weighted by Crippen LogP contribution is 2.11. The van der Waals surface area contributed by atoms with Gasteiger partial charge in [0, 0.05) is 13.6 Å². The number of amides is 2. The fourth-order valence-corrected chi connectivity index (χ4v) is 1.89. The number of nitrogens with one attached hydrogen (secondary N) is 1. The molecule has 1 aromatic heterocycles. The van der Waals surface area contributed by atoms with E-state index in [1.165, 1.54) is 4.90 Å². The molecule has 0 radical (unpaired) electrons. The number of rotatable bonds is 7. The first-order valence-corrected chi connectivity index (χ1v) is 6.64. The van der Waals surface area contributed by atoms with E-state index in [-0.39, 0.29) is 18.5 Å². The second-order valence-corrected chi connectivity index (χ2v) is 5.29. The van der Waals surface area contributed by atoms with Gasteiger partial charge < -0.3 is 19.7 Å². The Bertz CT molecular complexity index is 428. The smallest absolute Gasteiger partial charge is 0.317 e. The molecule has 6 nitrogen and oxygen atoms in total. The van der Waals surface area contributed by atoms with E-state index >= 15 is 0 Å². The van der Waals surface area contributed by atoms with E-state index in [1.54, 1.807) is 25.4 Å². The van der Waals surface area contributed by atoms with Crippen molar-refractivity contribution < 1.29 is 19.1 Å². The maximum Gasteiger partial charge on any atom is 0.317 e. The molecular formula is C14H22N2O4. The van der Waals surface area contributed by atoms with E-state index in [2.05, 4.69) is 5.32 Å². The van der Waals surface area contributed by atoms with Crippen LogP contribution in [0.1, 0.15) is 26.0 Å². The van der Waals surface area contributed by atoms with Crippen LogP contribution in [0.4, 0.5) is 4.79 Å². The van der Waals surface area contributed by atoms with Crippen LogP contribution in [-0.2, 0) is 11.3 Å². The number of carbonyl (C=O) groups is 2. The molecule has 0 bridgehead atoms. The number of carbonyl (C=O) groups excluding carboxylic acids is 1. The van der Waals surface area contributed by atoms with Crippen molar-refractivity contribution in [3.05, 3.63) is 24.2 Å². The topological polar surface area (TPSA) is 82.8 Å². The van der Waals surface area contributed by atoms with Crippen LogP contribution in [-0.4, -0.2) is 35.6 Å². The molecule has 112 valence electrons. The predicted molar refractivity (Wildman–Crippen MR) is 74.2 cm³/mol. The summed E-state index contributed by atoms with van der Waals surface area (Å²) in [5.74, 6) is -0.489. The summed E-state index contributed by atoms with van der Waals surface area (Å²) in [4.78, 5) is 24.4. The summed E-state index contributed by atoms with van der Waals surface area (Å²) in [5.41, 5.74) is 0. The van der Waals surface area contributed by atoms with Gasteiger partial charge in [0.15, 0.2) is 0 Å². The first-order valence-electron chi connectivity index (χ1n) is 6.64. The minimum absolute atomic E-state index is 0.134. The van der Waals surface area contributed by atoms with Gasteiger partial charge in [0.05, 0.1) is 18.7 Å². The molecule has 1 rings (SSSR count). The van der Waals surface area contributed by atoms with Gasteiger partial charge in [0.25, 0.3) is 0 Å². The molecule has 0 saturated carbocycles. The van der Waals surface area contributed by atoms with Crippen LogP contribution >= 0.6 is 0 Å². The van der Waals surface area contributed by atoms with Gasteiger partial charge in [-0.05, 0) is 24.5 Å². The zero-order chi connectivity index (χ0) is 15.1. The van der Waals surface area contributed by atoms with Crippen LogP contribution in [0.2, 0.25) is 0 Å². The van der Waals surface area contributed by atoms with Crippen molar-refractivity contribution in [2.45, 2.75) is 26.8 Å².